The maximum atomic E-state index is 13.7. The van der Waals surface area contributed by atoms with E-state index in [9.17, 15) is 14.3 Å². The van der Waals surface area contributed by atoms with Crippen LogP contribution >= 0.6 is 11.6 Å². The number of phenols is 1. The zero-order chi connectivity index (χ0) is 19.9. The Hall–Kier alpha value is -3.38. The van der Waals surface area contributed by atoms with Crippen molar-refractivity contribution in [2.24, 2.45) is 5.10 Å². The van der Waals surface area contributed by atoms with Gasteiger partial charge in [-0.05, 0) is 48.5 Å². The molecule has 0 aliphatic carbocycles. The molecule has 3 aromatic carbocycles. The van der Waals surface area contributed by atoms with Crippen molar-refractivity contribution < 1.29 is 19.0 Å². The Morgan fingerprint density at radius 2 is 1.86 bits per heavy atom. The molecule has 7 heteroatoms. The molecule has 0 fully saturated rings. The number of benzene rings is 3. The van der Waals surface area contributed by atoms with Gasteiger partial charge >= 0.3 is 0 Å². The summed E-state index contributed by atoms with van der Waals surface area (Å²) in [5.41, 5.74) is 3.50. The first-order chi connectivity index (χ1) is 13.5. The number of ether oxygens (including phenoxy) is 1. The maximum Gasteiger partial charge on any atom is 0.271 e. The first-order valence-electron chi connectivity index (χ1n) is 8.32. The minimum absolute atomic E-state index is 0.0259. The number of hydrazone groups is 1. The van der Waals surface area contributed by atoms with E-state index in [1.165, 1.54) is 24.4 Å². The van der Waals surface area contributed by atoms with Gasteiger partial charge in [0.15, 0.2) is 0 Å². The zero-order valence-electron chi connectivity index (χ0n) is 14.6. The maximum absolute atomic E-state index is 13.7. The van der Waals surface area contributed by atoms with Crippen molar-refractivity contribution in [3.8, 4) is 11.5 Å². The van der Waals surface area contributed by atoms with Gasteiger partial charge in [0.1, 0.15) is 23.9 Å². The third-order valence-electron chi connectivity index (χ3n) is 3.87. The Kier molecular flexibility index (Phi) is 6.24. The molecule has 3 rings (SSSR count). The number of phenolic OH excluding ortho intramolecular Hbond substituents is 1. The fourth-order valence-corrected chi connectivity index (χ4v) is 2.57. The number of carbonyl (C=O) groups excluding carboxylic acids is 1. The van der Waals surface area contributed by atoms with Crippen LogP contribution in [0, 0.1) is 5.82 Å². The molecule has 0 saturated heterocycles. The van der Waals surface area contributed by atoms with E-state index in [1.54, 1.807) is 48.5 Å². The molecule has 142 valence electrons. The number of carbonyl (C=O) groups is 1. The lowest BCUT2D eigenvalue weighted by Gasteiger charge is -2.09. The highest BCUT2D eigenvalue weighted by Crippen LogP contribution is 2.21. The molecule has 0 saturated carbocycles. The standard InChI is InChI=1S/C21H16ClFN2O3/c22-18-5-3-6-19(23)17(18)13-28-16-10-8-14(9-11-16)21(27)25-24-12-15-4-1-2-7-20(15)26/h1-12,26H,13H2,(H,25,27)/b24-12-. The monoisotopic (exact) mass is 398 g/mol. The molecule has 3 aromatic rings. The van der Waals surface area contributed by atoms with E-state index in [4.69, 9.17) is 16.3 Å². The third-order valence-corrected chi connectivity index (χ3v) is 4.22. The highest BCUT2D eigenvalue weighted by Gasteiger charge is 2.09. The quantitative estimate of drug-likeness (QED) is 0.473. The van der Waals surface area contributed by atoms with Gasteiger partial charge in [0, 0.05) is 16.7 Å². The van der Waals surface area contributed by atoms with Gasteiger partial charge in [-0.25, -0.2) is 9.82 Å². The molecule has 0 heterocycles. The van der Waals surface area contributed by atoms with Crippen molar-refractivity contribution >= 4 is 23.7 Å². The number of hydrogen-bond acceptors (Lipinski definition) is 4. The first kappa shape index (κ1) is 19.4. The van der Waals surface area contributed by atoms with E-state index in [0.717, 1.165) is 0 Å². The summed E-state index contributed by atoms with van der Waals surface area (Å²) < 4.78 is 19.3. The van der Waals surface area contributed by atoms with Crippen molar-refractivity contribution in [1.29, 1.82) is 0 Å². The summed E-state index contributed by atoms with van der Waals surface area (Å²) in [6.07, 6.45) is 1.35. The van der Waals surface area contributed by atoms with Gasteiger partial charge in [-0.3, -0.25) is 4.79 Å². The minimum Gasteiger partial charge on any atom is -0.507 e. The lowest BCUT2D eigenvalue weighted by atomic mass is 10.2. The Balaban J connectivity index is 1.58. The molecule has 0 spiro atoms. The lowest BCUT2D eigenvalue weighted by molar-refractivity contribution is 0.0955. The molecular formula is C21H16ClFN2O3. The van der Waals surface area contributed by atoms with E-state index in [-0.39, 0.29) is 17.9 Å². The molecule has 0 bridgehead atoms. The van der Waals surface area contributed by atoms with Gasteiger partial charge in [0.25, 0.3) is 5.91 Å². The molecule has 0 unspecified atom stereocenters. The summed E-state index contributed by atoms with van der Waals surface area (Å²) in [5, 5.41) is 13.8. The average Bonchev–Trinajstić information content (AvgIpc) is 2.69. The Bertz CT molecular complexity index is 987. The third kappa shape index (κ3) is 4.86. The van der Waals surface area contributed by atoms with Crippen molar-refractivity contribution in [2.75, 3.05) is 0 Å². The number of para-hydroxylation sites is 1. The average molecular weight is 399 g/mol. The molecule has 1 amide bonds. The summed E-state index contributed by atoms with van der Waals surface area (Å²) in [6, 6.07) is 17.4. The minimum atomic E-state index is -0.439. The van der Waals surface area contributed by atoms with Crippen LogP contribution in [0.1, 0.15) is 21.5 Å². The summed E-state index contributed by atoms with van der Waals surface area (Å²) in [4.78, 5) is 12.1. The van der Waals surface area contributed by atoms with Crippen molar-refractivity contribution in [3.63, 3.8) is 0 Å². The Morgan fingerprint density at radius 3 is 2.57 bits per heavy atom. The molecule has 2 N–H and O–H groups in total. The number of rotatable bonds is 6. The van der Waals surface area contributed by atoms with Crippen LogP contribution in [-0.4, -0.2) is 17.2 Å². The number of amides is 1. The second kappa shape index (κ2) is 9.01. The van der Waals surface area contributed by atoms with Crippen molar-refractivity contribution in [2.45, 2.75) is 6.61 Å². The fraction of sp³-hybridized carbons (Fsp3) is 0.0476. The van der Waals surface area contributed by atoms with Crippen LogP contribution in [0.5, 0.6) is 11.5 Å². The van der Waals surface area contributed by atoms with Gasteiger partial charge in [-0.2, -0.15) is 5.10 Å². The van der Waals surface area contributed by atoms with Crippen LogP contribution < -0.4 is 10.2 Å². The summed E-state index contributed by atoms with van der Waals surface area (Å²) in [7, 11) is 0. The van der Waals surface area contributed by atoms with Crippen LogP contribution in [0.25, 0.3) is 0 Å². The highest BCUT2D eigenvalue weighted by atomic mass is 35.5. The number of nitrogens with one attached hydrogen (secondary N) is 1. The molecule has 0 radical (unpaired) electrons. The smallest absolute Gasteiger partial charge is 0.271 e. The van der Waals surface area contributed by atoms with E-state index < -0.39 is 11.7 Å². The van der Waals surface area contributed by atoms with Crippen LogP contribution in [0.4, 0.5) is 4.39 Å². The predicted octanol–water partition coefficient (Wildman–Crippen LogP) is 4.53. The van der Waals surface area contributed by atoms with Gasteiger partial charge in [-0.15, -0.1) is 0 Å². The fourth-order valence-electron chi connectivity index (χ4n) is 2.35. The summed E-state index contributed by atoms with van der Waals surface area (Å²) in [6.45, 7) is -0.0259. The van der Waals surface area contributed by atoms with Crippen LogP contribution in [0.2, 0.25) is 5.02 Å². The number of hydrogen-bond donors (Lipinski definition) is 2. The Labute approximate surface area is 166 Å². The second-order valence-electron chi connectivity index (χ2n) is 5.77. The lowest BCUT2D eigenvalue weighted by Crippen LogP contribution is -2.17. The Morgan fingerprint density at radius 1 is 1.11 bits per heavy atom. The molecular weight excluding hydrogens is 383 g/mol. The van der Waals surface area contributed by atoms with Crippen LogP contribution in [0.3, 0.4) is 0 Å². The van der Waals surface area contributed by atoms with Crippen molar-refractivity contribution in [1.82, 2.24) is 5.43 Å². The summed E-state index contributed by atoms with van der Waals surface area (Å²) in [5.74, 6) is -0.327. The predicted molar refractivity (Wildman–Crippen MR) is 105 cm³/mol. The van der Waals surface area contributed by atoms with E-state index >= 15 is 0 Å². The molecule has 0 atom stereocenters. The zero-order valence-corrected chi connectivity index (χ0v) is 15.4. The normalized spacial score (nSPS) is 10.8. The van der Waals surface area contributed by atoms with E-state index in [0.29, 0.717) is 21.9 Å². The highest BCUT2D eigenvalue weighted by molar-refractivity contribution is 6.31. The largest absolute Gasteiger partial charge is 0.507 e. The molecule has 0 aliphatic rings. The van der Waals surface area contributed by atoms with Gasteiger partial charge in [0.05, 0.1) is 11.2 Å². The molecule has 28 heavy (non-hydrogen) atoms. The summed E-state index contributed by atoms with van der Waals surface area (Å²) >= 11 is 5.96. The van der Waals surface area contributed by atoms with Crippen molar-refractivity contribution in [3.05, 3.63) is 94.3 Å². The van der Waals surface area contributed by atoms with E-state index in [2.05, 4.69) is 10.5 Å². The van der Waals surface area contributed by atoms with Gasteiger partial charge in [-0.1, -0.05) is 29.8 Å². The SMILES string of the molecule is O=C(N/N=C\c1ccccc1O)c1ccc(OCc2c(F)cccc2Cl)cc1. The number of halogens is 2. The number of aromatic hydroxyl groups is 1. The molecule has 0 aromatic heterocycles. The van der Waals surface area contributed by atoms with Crippen LogP contribution in [-0.2, 0) is 6.61 Å². The molecule has 5 nitrogen and oxygen atoms in total. The second-order valence-corrected chi connectivity index (χ2v) is 6.18. The number of nitrogens with zero attached hydrogens (tertiary/aromatic N) is 1. The van der Waals surface area contributed by atoms with Gasteiger partial charge in [0.2, 0.25) is 0 Å². The topological polar surface area (TPSA) is 70.9 Å². The first-order valence-corrected chi connectivity index (χ1v) is 8.69. The molecule has 0 aliphatic heterocycles. The van der Waals surface area contributed by atoms with E-state index in [1.807, 2.05) is 0 Å². The van der Waals surface area contributed by atoms with Gasteiger partial charge < -0.3 is 9.84 Å². The van der Waals surface area contributed by atoms with Crippen LogP contribution in [0.15, 0.2) is 71.8 Å².